The quantitative estimate of drug-likeness (QED) is 0.590. The first-order valence-corrected chi connectivity index (χ1v) is 7.66. The molecule has 0 saturated heterocycles. The van der Waals surface area contributed by atoms with E-state index in [0.717, 1.165) is 25.0 Å². The van der Waals surface area contributed by atoms with Crippen LogP contribution in [0.3, 0.4) is 0 Å². The lowest BCUT2D eigenvalue weighted by Gasteiger charge is -2.08. The van der Waals surface area contributed by atoms with Gasteiger partial charge in [-0.1, -0.05) is 18.6 Å². The molecule has 118 valence electrons. The molecule has 4 heteroatoms. The van der Waals surface area contributed by atoms with E-state index in [1.54, 1.807) is 13.1 Å². The van der Waals surface area contributed by atoms with Gasteiger partial charge in [0.2, 0.25) is 0 Å². The fourth-order valence-electron chi connectivity index (χ4n) is 2.24. The molecule has 1 aromatic heterocycles. The SMILES string of the molecule is CC(C)=CCC[C@@H](C)C/C=N\n1c(C)cc(C)c(C#N)c1=O. The van der Waals surface area contributed by atoms with Crippen LogP contribution in [-0.4, -0.2) is 10.9 Å². The van der Waals surface area contributed by atoms with Crippen LogP contribution in [0.15, 0.2) is 27.6 Å². The Morgan fingerprint density at radius 1 is 1.45 bits per heavy atom. The summed E-state index contributed by atoms with van der Waals surface area (Å²) >= 11 is 0. The minimum atomic E-state index is -0.339. The summed E-state index contributed by atoms with van der Waals surface area (Å²) in [5.41, 5.74) is 2.61. The molecule has 0 N–H and O–H groups in total. The Morgan fingerprint density at radius 3 is 2.73 bits per heavy atom. The van der Waals surface area contributed by atoms with Gasteiger partial charge in [-0.25, -0.2) is 4.68 Å². The number of rotatable bonds is 6. The molecule has 1 atom stereocenters. The molecule has 0 aromatic carbocycles. The summed E-state index contributed by atoms with van der Waals surface area (Å²) < 4.78 is 1.31. The van der Waals surface area contributed by atoms with E-state index in [-0.39, 0.29) is 11.1 Å². The third-order valence-corrected chi connectivity index (χ3v) is 3.59. The number of aryl methyl sites for hydroxylation is 2. The smallest absolute Gasteiger partial charge is 0.266 e. The first-order chi connectivity index (χ1) is 10.4. The van der Waals surface area contributed by atoms with Crippen molar-refractivity contribution in [1.29, 1.82) is 5.26 Å². The van der Waals surface area contributed by atoms with E-state index in [1.807, 2.05) is 19.1 Å². The van der Waals surface area contributed by atoms with Crippen molar-refractivity contribution in [2.24, 2.45) is 11.0 Å². The van der Waals surface area contributed by atoms with Crippen LogP contribution >= 0.6 is 0 Å². The van der Waals surface area contributed by atoms with Gasteiger partial charge in [0.05, 0.1) is 0 Å². The standard InChI is InChI=1S/C18H25N3O/c1-13(2)7-6-8-14(3)9-10-20-21-16(5)11-15(4)17(12-19)18(21)22/h7,10-11,14H,6,8-9H2,1-5H3/b20-10-/t14-/m1/s1. The van der Waals surface area contributed by atoms with Crippen LogP contribution < -0.4 is 5.56 Å². The molecule has 1 heterocycles. The van der Waals surface area contributed by atoms with Crippen molar-refractivity contribution in [2.45, 2.75) is 53.9 Å². The highest BCUT2D eigenvalue weighted by molar-refractivity contribution is 5.57. The van der Waals surface area contributed by atoms with Gasteiger partial charge in [0.1, 0.15) is 11.6 Å². The first-order valence-electron chi connectivity index (χ1n) is 7.66. The van der Waals surface area contributed by atoms with E-state index in [1.165, 1.54) is 10.2 Å². The molecule has 0 radical (unpaired) electrons. The number of nitriles is 1. The average molecular weight is 299 g/mol. The summed E-state index contributed by atoms with van der Waals surface area (Å²) in [6, 6.07) is 3.77. The fourth-order valence-corrected chi connectivity index (χ4v) is 2.24. The number of pyridine rings is 1. The number of aromatic nitrogens is 1. The third kappa shape index (κ3) is 5.00. The highest BCUT2D eigenvalue weighted by atomic mass is 16.1. The fraction of sp³-hybridized carbons (Fsp3) is 0.500. The molecule has 0 unspecified atom stereocenters. The minimum absolute atomic E-state index is 0.166. The molecule has 1 aromatic rings. The number of nitrogens with zero attached hydrogens (tertiary/aromatic N) is 3. The van der Waals surface area contributed by atoms with Gasteiger partial charge in [-0.2, -0.15) is 10.4 Å². The Morgan fingerprint density at radius 2 is 2.14 bits per heavy atom. The van der Waals surface area contributed by atoms with Crippen molar-refractivity contribution in [3.05, 3.63) is 44.9 Å². The zero-order valence-corrected chi connectivity index (χ0v) is 14.2. The van der Waals surface area contributed by atoms with Crippen LogP contribution in [0.25, 0.3) is 0 Å². The lowest BCUT2D eigenvalue weighted by atomic mass is 10.0. The van der Waals surface area contributed by atoms with Crippen LogP contribution in [0.2, 0.25) is 0 Å². The van der Waals surface area contributed by atoms with Crippen molar-refractivity contribution in [3.63, 3.8) is 0 Å². The molecular formula is C18H25N3O. The molecule has 1 rings (SSSR count). The molecule has 0 aliphatic heterocycles. The number of hydrogen-bond donors (Lipinski definition) is 0. The van der Waals surface area contributed by atoms with Crippen LogP contribution in [0.1, 0.15) is 56.9 Å². The molecule has 0 amide bonds. The Hall–Kier alpha value is -2.15. The average Bonchev–Trinajstić information content (AvgIpc) is 2.42. The van der Waals surface area contributed by atoms with E-state index in [2.05, 4.69) is 31.9 Å². The van der Waals surface area contributed by atoms with E-state index in [0.29, 0.717) is 11.5 Å². The van der Waals surface area contributed by atoms with Gasteiger partial charge in [-0.05, 0) is 64.5 Å². The highest BCUT2D eigenvalue weighted by Crippen LogP contribution is 2.11. The van der Waals surface area contributed by atoms with E-state index in [9.17, 15) is 4.79 Å². The molecule has 22 heavy (non-hydrogen) atoms. The molecular weight excluding hydrogens is 274 g/mol. The Bertz CT molecular complexity index is 671. The Labute approximate surface area is 132 Å². The second-order valence-corrected chi connectivity index (χ2v) is 6.07. The van der Waals surface area contributed by atoms with Gasteiger partial charge in [0.25, 0.3) is 5.56 Å². The molecule has 4 nitrogen and oxygen atoms in total. The number of hydrogen-bond acceptors (Lipinski definition) is 3. The first kappa shape index (κ1) is 17.9. The summed E-state index contributed by atoms with van der Waals surface area (Å²) in [7, 11) is 0. The van der Waals surface area contributed by atoms with Crippen LogP contribution in [0.4, 0.5) is 0 Å². The van der Waals surface area contributed by atoms with Gasteiger partial charge in [0.15, 0.2) is 0 Å². The summed E-state index contributed by atoms with van der Waals surface area (Å²) in [6.07, 6.45) is 7.00. The maximum Gasteiger partial charge on any atom is 0.289 e. The summed E-state index contributed by atoms with van der Waals surface area (Å²) in [4.78, 5) is 12.2. The second kappa shape index (κ2) is 8.33. The predicted octanol–water partition coefficient (Wildman–Crippen LogP) is 3.94. The minimum Gasteiger partial charge on any atom is -0.266 e. The van der Waals surface area contributed by atoms with Crippen molar-refractivity contribution < 1.29 is 0 Å². The largest absolute Gasteiger partial charge is 0.289 e. The monoisotopic (exact) mass is 299 g/mol. The maximum absolute atomic E-state index is 12.2. The molecule has 0 aliphatic rings. The highest BCUT2D eigenvalue weighted by Gasteiger charge is 2.09. The maximum atomic E-state index is 12.2. The molecule has 0 spiro atoms. The van der Waals surface area contributed by atoms with Crippen molar-refractivity contribution in [3.8, 4) is 6.07 Å². The molecule has 0 fully saturated rings. The van der Waals surface area contributed by atoms with Gasteiger partial charge in [-0.3, -0.25) is 4.79 Å². The third-order valence-electron chi connectivity index (χ3n) is 3.59. The second-order valence-electron chi connectivity index (χ2n) is 6.07. The lowest BCUT2D eigenvalue weighted by molar-refractivity contribution is 0.561. The van der Waals surface area contributed by atoms with Gasteiger partial charge in [0, 0.05) is 11.9 Å². The lowest BCUT2D eigenvalue weighted by Crippen LogP contribution is -2.22. The summed E-state index contributed by atoms with van der Waals surface area (Å²) in [5, 5.41) is 13.3. The van der Waals surface area contributed by atoms with Crippen molar-refractivity contribution in [1.82, 2.24) is 4.68 Å². The topological polar surface area (TPSA) is 58.1 Å². The van der Waals surface area contributed by atoms with Crippen LogP contribution in [0, 0.1) is 31.1 Å². The van der Waals surface area contributed by atoms with Gasteiger partial charge in [-0.15, -0.1) is 0 Å². The molecule has 0 saturated carbocycles. The molecule has 0 bridgehead atoms. The van der Waals surface area contributed by atoms with Crippen molar-refractivity contribution >= 4 is 6.21 Å². The van der Waals surface area contributed by atoms with E-state index < -0.39 is 0 Å². The number of allylic oxidation sites excluding steroid dienone is 2. The molecule has 0 aliphatic carbocycles. The zero-order valence-electron chi connectivity index (χ0n) is 14.2. The van der Waals surface area contributed by atoms with Crippen LogP contribution in [-0.2, 0) is 0 Å². The summed E-state index contributed by atoms with van der Waals surface area (Å²) in [6.45, 7) is 9.98. The zero-order chi connectivity index (χ0) is 16.7. The van der Waals surface area contributed by atoms with Crippen molar-refractivity contribution in [2.75, 3.05) is 0 Å². The summed E-state index contributed by atoms with van der Waals surface area (Å²) in [5.74, 6) is 0.510. The van der Waals surface area contributed by atoms with E-state index in [4.69, 9.17) is 5.26 Å². The normalized spacial score (nSPS) is 12.2. The van der Waals surface area contributed by atoms with Gasteiger partial charge >= 0.3 is 0 Å². The Kier molecular flexibility index (Phi) is 6.78. The predicted molar refractivity (Wildman–Crippen MR) is 91.2 cm³/mol. The van der Waals surface area contributed by atoms with E-state index >= 15 is 0 Å². The Balaban J connectivity index is 2.78. The van der Waals surface area contributed by atoms with Crippen LogP contribution in [0.5, 0.6) is 0 Å². The van der Waals surface area contributed by atoms with Gasteiger partial charge < -0.3 is 0 Å².